The van der Waals surface area contributed by atoms with Crippen LogP contribution in [0.1, 0.15) is 32.6 Å². The third kappa shape index (κ3) is 3.84. The van der Waals surface area contributed by atoms with Gasteiger partial charge >= 0.3 is 0 Å². The van der Waals surface area contributed by atoms with Gasteiger partial charge in [0.15, 0.2) is 0 Å². The van der Waals surface area contributed by atoms with Crippen LogP contribution in [0.25, 0.3) is 0 Å². The van der Waals surface area contributed by atoms with Crippen LogP contribution in [0, 0.1) is 11.8 Å². The zero-order chi connectivity index (χ0) is 12.3. The van der Waals surface area contributed by atoms with Crippen molar-refractivity contribution in [1.29, 1.82) is 0 Å². The molecule has 5 heteroatoms. The Kier molecular flexibility index (Phi) is 6.39. The molecule has 18 heavy (non-hydrogen) atoms. The van der Waals surface area contributed by atoms with Crippen LogP contribution in [0.3, 0.4) is 0 Å². The summed E-state index contributed by atoms with van der Waals surface area (Å²) in [5, 5.41) is 12.8. The van der Waals surface area contributed by atoms with E-state index in [4.69, 9.17) is 0 Å². The summed E-state index contributed by atoms with van der Waals surface area (Å²) < 4.78 is 0. The van der Waals surface area contributed by atoms with Crippen LogP contribution in [0.15, 0.2) is 0 Å². The molecule has 0 bridgehead atoms. The number of piperidine rings is 2. The number of likely N-dealkylation sites (tertiary alicyclic amines) is 1. The number of nitrogens with one attached hydrogen (secondary N) is 1. The minimum absolute atomic E-state index is 0. The van der Waals surface area contributed by atoms with Crippen molar-refractivity contribution in [3.63, 3.8) is 0 Å². The van der Waals surface area contributed by atoms with Crippen molar-refractivity contribution in [1.82, 2.24) is 10.2 Å². The molecule has 0 aromatic carbocycles. The lowest BCUT2D eigenvalue weighted by atomic mass is 9.90. The summed E-state index contributed by atoms with van der Waals surface area (Å²) in [7, 11) is 0. The summed E-state index contributed by atoms with van der Waals surface area (Å²) in [5.41, 5.74) is 0. The Morgan fingerprint density at radius 3 is 2.50 bits per heavy atom. The number of nitrogens with zero attached hydrogens (tertiary/aromatic N) is 1. The molecule has 2 N–H and O–H groups in total. The van der Waals surface area contributed by atoms with E-state index < -0.39 is 0 Å². The van der Waals surface area contributed by atoms with Crippen LogP contribution < -0.4 is 5.32 Å². The van der Waals surface area contributed by atoms with E-state index in [0.29, 0.717) is 11.8 Å². The van der Waals surface area contributed by atoms with Gasteiger partial charge in [-0.2, -0.15) is 0 Å². The predicted octanol–water partition coefficient (Wildman–Crippen LogP) is 1.03. The van der Waals surface area contributed by atoms with Crippen molar-refractivity contribution >= 4 is 18.3 Å². The highest BCUT2D eigenvalue weighted by Gasteiger charge is 2.30. The number of hydrogen-bond donors (Lipinski definition) is 2. The fraction of sp³-hybridized carbons (Fsp3) is 0.923. The molecule has 0 saturated carbocycles. The maximum Gasteiger partial charge on any atom is 0.226 e. The highest BCUT2D eigenvalue weighted by molar-refractivity contribution is 5.85. The molecule has 2 saturated heterocycles. The van der Waals surface area contributed by atoms with E-state index in [1.54, 1.807) is 0 Å². The molecule has 1 amide bonds. The molecule has 106 valence electrons. The number of aliphatic hydroxyl groups is 1. The number of hydrogen-bond acceptors (Lipinski definition) is 3. The second-order valence-electron chi connectivity index (χ2n) is 5.45. The highest BCUT2D eigenvalue weighted by atomic mass is 35.5. The van der Waals surface area contributed by atoms with Gasteiger partial charge in [-0.3, -0.25) is 4.79 Å². The van der Waals surface area contributed by atoms with Crippen molar-refractivity contribution in [3.05, 3.63) is 0 Å². The second-order valence-corrected chi connectivity index (χ2v) is 5.45. The molecule has 2 atom stereocenters. The average molecular weight is 277 g/mol. The Morgan fingerprint density at radius 1 is 1.33 bits per heavy atom. The van der Waals surface area contributed by atoms with Crippen LogP contribution in [-0.2, 0) is 4.79 Å². The Hall–Kier alpha value is -0.320. The summed E-state index contributed by atoms with van der Waals surface area (Å²) in [6.07, 6.45) is 3.80. The van der Waals surface area contributed by atoms with Gasteiger partial charge in [-0.15, -0.1) is 12.4 Å². The lowest BCUT2D eigenvalue weighted by Crippen LogP contribution is -2.47. The molecule has 2 fully saturated rings. The van der Waals surface area contributed by atoms with Gasteiger partial charge < -0.3 is 15.3 Å². The van der Waals surface area contributed by atoms with Crippen molar-refractivity contribution in [2.45, 2.75) is 38.7 Å². The van der Waals surface area contributed by atoms with E-state index >= 15 is 0 Å². The Labute approximate surface area is 116 Å². The van der Waals surface area contributed by atoms with Gasteiger partial charge in [0.05, 0.1) is 12.0 Å². The van der Waals surface area contributed by atoms with Gasteiger partial charge in [0, 0.05) is 19.6 Å². The Balaban J connectivity index is 0.00000162. The smallest absolute Gasteiger partial charge is 0.226 e. The first kappa shape index (κ1) is 15.7. The molecule has 2 aliphatic rings. The second kappa shape index (κ2) is 7.31. The van der Waals surface area contributed by atoms with Crippen molar-refractivity contribution in [2.75, 3.05) is 26.2 Å². The van der Waals surface area contributed by atoms with Gasteiger partial charge in [-0.25, -0.2) is 0 Å². The Morgan fingerprint density at radius 2 is 2.00 bits per heavy atom. The Bertz CT molecular complexity index is 260. The molecular formula is C13H25ClN2O2. The van der Waals surface area contributed by atoms with Crippen LogP contribution >= 0.6 is 12.4 Å². The molecule has 0 aromatic heterocycles. The molecule has 0 spiro atoms. The minimum atomic E-state index is -0.233. The highest BCUT2D eigenvalue weighted by Crippen LogP contribution is 2.23. The molecule has 0 aliphatic carbocycles. The molecule has 2 unspecified atom stereocenters. The average Bonchev–Trinajstić information content (AvgIpc) is 2.39. The quantitative estimate of drug-likeness (QED) is 0.792. The first-order valence-corrected chi connectivity index (χ1v) is 6.86. The maximum absolute atomic E-state index is 12.3. The minimum Gasteiger partial charge on any atom is -0.393 e. The molecule has 2 aliphatic heterocycles. The number of carbonyl (C=O) groups excluding carboxylic acids is 1. The fourth-order valence-corrected chi connectivity index (χ4v) is 2.92. The van der Waals surface area contributed by atoms with Gasteiger partial charge in [-0.1, -0.05) is 0 Å². The van der Waals surface area contributed by atoms with Crippen LogP contribution in [0.5, 0.6) is 0 Å². The van der Waals surface area contributed by atoms with E-state index in [-0.39, 0.29) is 24.4 Å². The fourth-order valence-electron chi connectivity index (χ4n) is 2.92. The zero-order valence-electron chi connectivity index (χ0n) is 11.1. The van der Waals surface area contributed by atoms with Gasteiger partial charge in [0.1, 0.15) is 0 Å². The lowest BCUT2D eigenvalue weighted by Gasteiger charge is -2.36. The predicted molar refractivity (Wildman–Crippen MR) is 73.8 cm³/mol. The largest absolute Gasteiger partial charge is 0.393 e. The molecular weight excluding hydrogens is 252 g/mol. The topological polar surface area (TPSA) is 52.6 Å². The van der Waals surface area contributed by atoms with Crippen LogP contribution in [0.4, 0.5) is 0 Å². The maximum atomic E-state index is 12.3. The molecule has 0 aromatic rings. The van der Waals surface area contributed by atoms with Crippen molar-refractivity contribution in [2.24, 2.45) is 11.8 Å². The van der Waals surface area contributed by atoms with Crippen molar-refractivity contribution < 1.29 is 9.90 Å². The number of amides is 1. The third-order valence-corrected chi connectivity index (χ3v) is 4.18. The first-order chi connectivity index (χ1) is 8.18. The molecule has 2 rings (SSSR count). The van der Waals surface area contributed by atoms with Gasteiger partial charge in [0.2, 0.25) is 5.91 Å². The lowest BCUT2D eigenvalue weighted by molar-refractivity contribution is -0.138. The van der Waals surface area contributed by atoms with Crippen LogP contribution in [0.2, 0.25) is 0 Å². The SMILES string of the molecule is CC(O)C1CCN(C(=O)C2CCCNC2)CC1.Cl. The number of halogens is 1. The summed E-state index contributed by atoms with van der Waals surface area (Å²) in [6, 6.07) is 0. The zero-order valence-corrected chi connectivity index (χ0v) is 11.9. The number of aliphatic hydroxyl groups excluding tert-OH is 1. The monoisotopic (exact) mass is 276 g/mol. The van der Waals surface area contributed by atoms with E-state index in [0.717, 1.165) is 51.9 Å². The van der Waals surface area contributed by atoms with E-state index in [2.05, 4.69) is 5.32 Å². The summed E-state index contributed by atoms with van der Waals surface area (Å²) in [6.45, 7) is 5.39. The van der Waals surface area contributed by atoms with Gasteiger partial charge in [-0.05, 0) is 45.1 Å². The molecule has 4 nitrogen and oxygen atoms in total. The molecule has 2 heterocycles. The number of carbonyl (C=O) groups is 1. The van der Waals surface area contributed by atoms with E-state index in [1.807, 2.05) is 11.8 Å². The van der Waals surface area contributed by atoms with E-state index in [9.17, 15) is 9.90 Å². The number of rotatable bonds is 2. The van der Waals surface area contributed by atoms with Crippen LogP contribution in [-0.4, -0.2) is 48.2 Å². The van der Waals surface area contributed by atoms with Gasteiger partial charge in [0.25, 0.3) is 0 Å². The summed E-state index contributed by atoms with van der Waals surface area (Å²) in [5.74, 6) is 0.886. The standard InChI is InChI=1S/C13H24N2O2.ClH/c1-10(16)11-4-7-15(8-5-11)13(17)12-3-2-6-14-9-12;/h10-12,14,16H,2-9H2,1H3;1H. The normalized spacial score (nSPS) is 27.4. The van der Waals surface area contributed by atoms with E-state index in [1.165, 1.54) is 0 Å². The van der Waals surface area contributed by atoms with Crippen molar-refractivity contribution in [3.8, 4) is 0 Å². The summed E-state index contributed by atoms with van der Waals surface area (Å²) in [4.78, 5) is 14.2. The third-order valence-electron chi connectivity index (χ3n) is 4.18. The molecule has 0 radical (unpaired) electrons. The first-order valence-electron chi connectivity index (χ1n) is 6.86. The summed E-state index contributed by atoms with van der Waals surface area (Å²) >= 11 is 0.